The predicted molar refractivity (Wildman–Crippen MR) is 80.2 cm³/mol. The third-order valence-corrected chi connectivity index (χ3v) is 3.96. The normalized spacial score (nSPS) is 14.2. The second kappa shape index (κ2) is 5.48. The molecule has 21 heavy (non-hydrogen) atoms. The highest BCUT2D eigenvalue weighted by molar-refractivity contribution is 6.30. The number of aryl methyl sites for hydroxylation is 1. The Hall–Kier alpha value is -1.88. The van der Waals surface area contributed by atoms with E-state index < -0.39 is 0 Å². The van der Waals surface area contributed by atoms with Crippen molar-refractivity contribution < 1.29 is 4.79 Å². The van der Waals surface area contributed by atoms with Gasteiger partial charge in [0, 0.05) is 38.1 Å². The van der Waals surface area contributed by atoms with Gasteiger partial charge in [-0.3, -0.25) is 4.79 Å². The van der Waals surface area contributed by atoms with E-state index >= 15 is 0 Å². The van der Waals surface area contributed by atoms with Crippen LogP contribution in [0.3, 0.4) is 0 Å². The second-order valence-corrected chi connectivity index (χ2v) is 5.95. The molecule has 0 aliphatic heterocycles. The van der Waals surface area contributed by atoms with Gasteiger partial charge in [0.2, 0.25) is 0 Å². The van der Waals surface area contributed by atoms with Crippen LogP contribution in [0, 0.1) is 0 Å². The number of carbonyl (C=O) groups excluding carboxylic acids is 1. The lowest BCUT2D eigenvalue weighted by atomic mass is 10.1. The van der Waals surface area contributed by atoms with Gasteiger partial charge in [-0.25, -0.2) is 9.97 Å². The highest BCUT2D eigenvalue weighted by atomic mass is 35.5. The monoisotopic (exact) mass is 304 g/mol. The SMILES string of the molecule is CN(Cc1cc(Cl)cn1C)C(=O)c1cncnc1C1CC1. The summed E-state index contributed by atoms with van der Waals surface area (Å²) in [6.45, 7) is 0.501. The van der Waals surface area contributed by atoms with Crippen LogP contribution in [-0.4, -0.2) is 32.4 Å². The first-order valence-electron chi connectivity index (χ1n) is 6.92. The van der Waals surface area contributed by atoms with Crippen molar-refractivity contribution in [1.29, 1.82) is 0 Å². The first kappa shape index (κ1) is 14.1. The summed E-state index contributed by atoms with van der Waals surface area (Å²) in [5.41, 5.74) is 2.48. The van der Waals surface area contributed by atoms with Gasteiger partial charge >= 0.3 is 0 Å². The van der Waals surface area contributed by atoms with Crippen molar-refractivity contribution in [1.82, 2.24) is 19.4 Å². The smallest absolute Gasteiger partial charge is 0.257 e. The molecule has 0 bridgehead atoms. The third-order valence-electron chi connectivity index (χ3n) is 3.76. The molecule has 2 aromatic rings. The van der Waals surface area contributed by atoms with Gasteiger partial charge in [-0.1, -0.05) is 11.6 Å². The quantitative estimate of drug-likeness (QED) is 0.872. The minimum Gasteiger partial charge on any atom is -0.351 e. The lowest BCUT2D eigenvalue weighted by Crippen LogP contribution is -2.28. The van der Waals surface area contributed by atoms with E-state index in [0.29, 0.717) is 23.0 Å². The number of amides is 1. The van der Waals surface area contributed by atoms with E-state index in [1.165, 1.54) is 6.33 Å². The van der Waals surface area contributed by atoms with Gasteiger partial charge in [-0.05, 0) is 18.9 Å². The predicted octanol–water partition coefficient (Wildman–Crippen LogP) is 2.62. The fourth-order valence-corrected chi connectivity index (χ4v) is 2.70. The van der Waals surface area contributed by atoms with Crippen molar-refractivity contribution in [3.05, 3.63) is 46.8 Å². The van der Waals surface area contributed by atoms with Crippen LogP contribution in [-0.2, 0) is 13.6 Å². The van der Waals surface area contributed by atoms with Crippen LogP contribution in [0.15, 0.2) is 24.8 Å². The molecule has 1 aliphatic carbocycles. The third kappa shape index (κ3) is 2.93. The number of hydrogen-bond donors (Lipinski definition) is 0. The Morgan fingerprint density at radius 2 is 2.29 bits per heavy atom. The van der Waals surface area contributed by atoms with Crippen LogP contribution in [0.2, 0.25) is 5.02 Å². The highest BCUT2D eigenvalue weighted by Crippen LogP contribution is 2.40. The molecule has 6 heteroatoms. The summed E-state index contributed by atoms with van der Waals surface area (Å²) in [5, 5.41) is 0.676. The van der Waals surface area contributed by atoms with Crippen LogP contribution in [0.5, 0.6) is 0 Å². The van der Waals surface area contributed by atoms with Crippen LogP contribution < -0.4 is 0 Å². The Morgan fingerprint density at radius 3 is 2.90 bits per heavy atom. The zero-order valence-electron chi connectivity index (χ0n) is 12.1. The van der Waals surface area contributed by atoms with Crippen molar-refractivity contribution in [3.63, 3.8) is 0 Å². The van der Waals surface area contributed by atoms with Gasteiger partial charge in [0.25, 0.3) is 5.91 Å². The van der Waals surface area contributed by atoms with E-state index in [-0.39, 0.29) is 5.91 Å². The molecule has 0 atom stereocenters. The molecule has 0 spiro atoms. The molecule has 0 radical (unpaired) electrons. The zero-order valence-corrected chi connectivity index (χ0v) is 12.8. The first-order chi connectivity index (χ1) is 10.1. The van der Waals surface area contributed by atoms with E-state index in [1.54, 1.807) is 18.1 Å². The van der Waals surface area contributed by atoms with Gasteiger partial charge in [-0.15, -0.1) is 0 Å². The lowest BCUT2D eigenvalue weighted by molar-refractivity contribution is 0.0780. The molecule has 3 rings (SSSR count). The highest BCUT2D eigenvalue weighted by Gasteiger charge is 2.30. The Bertz CT molecular complexity index is 678. The number of carbonyl (C=O) groups is 1. The van der Waals surface area contributed by atoms with E-state index in [9.17, 15) is 4.79 Å². The molecular weight excluding hydrogens is 288 g/mol. The van der Waals surface area contributed by atoms with Gasteiger partial charge in [0.1, 0.15) is 6.33 Å². The maximum atomic E-state index is 12.6. The lowest BCUT2D eigenvalue weighted by Gasteiger charge is -2.18. The van der Waals surface area contributed by atoms with Crippen molar-refractivity contribution in [2.75, 3.05) is 7.05 Å². The summed E-state index contributed by atoms with van der Waals surface area (Å²) < 4.78 is 1.93. The van der Waals surface area contributed by atoms with Gasteiger partial charge in [0.15, 0.2) is 0 Å². The van der Waals surface area contributed by atoms with E-state index in [4.69, 9.17) is 11.6 Å². The molecule has 110 valence electrons. The van der Waals surface area contributed by atoms with Crippen molar-refractivity contribution in [3.8, 4) is 0 Å². The molecule has 0 saturated heterocycles. The summed E-state index contributed by atoms with van der Waals surface area (Å²) >= 11 is 5.98. The second-order valence-electron chi connectivity index (χ2n) is 5.52. The van der Waals surface area contributed by atoms with Gasteiger partial charge in [0.05, 0.1) is 22.8 Å². The Kier molecular flexibility index (Phi) is 3.68. The summed E-state index contributed by atoms with van der Waals surface area (Å²) in [6, 6.07) is 1.87. The average molecular weight is 305 g/mol. The van der Waals surface area contributed by atoms with E-state index in [0.717, 1.165) is 24.2 Å². The molecule has 2 heterocycles. The molecule has 1 aliphatic rings. The Balaban J connectivity index is 1.80. The summed E-state index contributed by atoms with van der Waals surface area (Å²) in [7, 11) is 3.70. The fourth-order valence-electron chi connectivity index (χ4n) is 2.43. The molecular formula is C15H17ClN4O. The van der Waals surface area contributed by atoms with Crippen LogP contribution >= 0.6 is 11.6 Å². The maximum absolute atomic E-state index is 12.6. The van der Waals surface area contributed by atoms with E-state index in [1.807, 2.05) is 23.9 Å². The number of rotatable bonds is 4. The zero-order chi connectivity index (χ0) is 15.0. The molecule has 2 aromatic heterocycles. The molecule has 0 N–H and O–H groups in total. The Morgan fingerprint density at radius 1 is 1.52 bits per heavy atom. The number of nitrogens with zero attached hydrogens (tertiary/aromatic N) is 4. The Labute approximate surface area is 128 Å². The van der Waals surface area contributed by atoms with Crippen LogP contribution in [0.4, 0.5) is 0 Å². The minimum atomic E-state index is -0.0465. The van der Waals surface area contributed by atoms with Crippen molar-refractivity contribution in [2.24, 2.45) is 7.05 Å². The minimum absolute atomic E-state index is 0.0465. The molecule has 0 aromatic carbocycles. The average Bonchev–Trinajstić information content (AvgIpc) is 3.25. The molecule has 1 fully saturated rings. The number of aromatic nitrogens is 3. The molecule has 0 unspecified atom stereocenters. The van der Waals surface area contributed by atoms with Crippen molar-refractivity contribution in [2.45, 2.75) is 25.3 Å². The van der Waals surface area contributed by atoms with Gasteiger partial charge < -0.3 is 9.47 Å². The summed E-state index contributed by atoms with van der Waals surface area (Å²) in [6.07, 6.45) is 7.18. The fraction of sp³-hybridized carbons (Fsp3) is 0.400. The summed E-state index contributed by atoms with van der Waals surface area (Å²) in [4.78, 5) is 22.6. The van der Waals surface area contributed by atoms with Crippen LogP contribution in [0.25, 0.3) is 0 Å². The summed E-state index contributed by atoms with van der Waals surface area (Å²) in [5.74, 6) is 0.375. The number of halogens is 1. The molecule has 1 amide bonds. The molecule has 1 saturated carbocycles. The first-order valence-corrected chi connectivity index (χ1v) is 7.30. The standard InChI is InChI=1S/C15H17ClN4O/c1-19-7-11(16)5-12(19)8-20(2)15(21)13-6-17-9-18-14(13)10-3-4-10/h5-7,9-10H,3-4,8H2,1-2H3. The van der Waals surface area contributed by atoms with Crippen molar-refractivity contribution >= 4 is 17.5 Å². The van der Waals surface area contributed by atoms with E-state index in [2.05, 4.69) is 9.97 Å². The number of hydrogen-bond acceptors (Lipinski definition) is 3. The van der Waals surface area contributed by atoms with Crippen LogP contribution in [0.1, 0.15) is 40.5 Å². The molecule has 5 nitrogen and oxygen atoms in total. The largest absolute Gasteiger partial charge is 0.351 e. The van der Waals surface area contributed by atoms with Gasteiger partial charge in [-0.2, -0.15) is 0 Å². The topological polar surface area (TPSA) is 51.0 Å². The maximum Gasteiger partial charge on any atom is 0.257 e.